The average molecular weight is 282 g/mol. The number of nitrogens with two attached hydrogens (primary N) is 2. The van der Waals surface area contributed by atoms with Gasteiger partial charge in [0.2, 0.25) is 5.95 Å². The van der Waals surface area contributed by atoms with Crippen LogP contribution in [-0.2, 0) is 4.74 Å². The summed E-state index contributed by atoms with van der Waals surface area (Å²) in [6, 6.07) is 0. The molecular weight excluding hydrogens is 268 g/mol. The van der Waals surface area contributed by atoms with E-state index in [9.17, 15) is 10.2 Å². The van der Waals surface area contributed by atoms with Crippen molar-refractivity contribution in [3.63, 3.8) is 0 Å². The fourth-order valence-corrected chi connectivity index (χ4v) is 2.29. The van der Waals surface area contributed by atoms with Crippen molar-refractivity contribution in [1.29, 1.82) is 0 Å². The Bertz CT molecular complexity index is 646. The summed E-state index contributed by atoms with van der Waals surface area (Å²) in [5.41, 5.74) is 12.0. The Kier molecular flexibility index (Phi) is 2.94. The van der Waals surface area contributed by atoms with E-state index in [-0.39, 0.29) is 23.2 Å². The summed E-state index contributed by atoms with van der Waals surface area (Å²) in [5, 5.41) is 28.9. The molecule has 0 aliphatic carbocycles. The molecular formula is C10H14N6O4. The van der Waals surface area contributed by atoms with Gasteiger partial charge in [0.05, 0.1) is 6.61 Å². The second-order valence-electron chi connectivity index (χ2n) is 4.55. The number of imidazole rings is 1. The van der Waals surface area contributed by atoms with E-state index in [4.69, 9.17) is 21.3 Å². The molecule has 2 aromatic rings. The van der Waals surface area contributed by atoms with Gasteiger partial charge in [-0.2, -0.15) is 9.97 Å². The maximum atomic E-state index is 10.0. The van der Waals surface area contributed by atoms with Crippen molar-refractivity contribution in [2.45, 2.75) is 24.4 Å². The molecule has 0 amide bonds. The van der Waals surface area contributed by atoms with E-state index in [2.05, 4.69) is 19.9 Å². The Morgan fingerprint density at radius 3 is 2.55 bits per heavy atom. The molecule has 3 heterocycles. The zero-order valence-corrected chi connectivity index (χ0v) is 10.3. The highest BCUT2D eigenvalue weighted by atomic mass is 16.6. The zero-order valence-electron chi connectivity index (χ0n) is 10.3. The smallest absolute Gasteiger partial charge is 0.222 e. The fourth-order valence-electron chi connectivity index (χ4n) is 2.29. The van der Waals surface area contributed by atoms with Crippen molar-refractivity contribution in [3.8, 4) is 0 Å². The van der Waals surface area contributed by atoms with Crippen molar-refractivity contribution < 1.29 is 20.1 Å². The molecule has 0 saturated carbocycles. The summed E-state index contributed by atoms with van der Waals surface area (Å²) in [4.78, 5) is 14.6. The molecule has 0 bridgehead atoms. The van der Waals surface area contributed by atoms with Crippen LogP contribution in [0.25, 0.3) is 11.2 Å². The van der Waals surface area contributed by atoms with Crippen LogP contribution in [0.4, 0.5) is 11.9 Å². The molecule has 0 spiro atoms. The van der Waals surface area contributed by atoms with E-state index in [0.29, 0.717) is 5.52 Å². The van der Waals surface area contributed by atoms with Gasteiger partial charge in [0.1, 0.15) is 35.6 Å². The van der Waals surface area contributed by atoms with Crippen molar-refractivity contribution in [2.75, 3.05) is 18.1 Å². The van der Waals surface area contributed by atoms with Crippen LogP contribution < -0.4 is 11.5 Å². The molecule has 1 fully saturated rings. The van der Waals surface area contributed by atoms with Crippen LogP contribution in [-0.4, -0.2) is 60.2 Å². The number of rotatable bonds is 2. The van der Waals surface area contributed by atoms with Gasteiger partial charge in [0.15, 0.2) is 11.6 Å². The highest BCUT2D eigenvalue weighted by molar-refractivity contribution is 5.77. The van der Waals surface area contributed by atoms with Crippen LogP contribution in [0, 0.1) is 0 Å². The number of aromatic nitrogens is 4. The number of aliphatic hydroxyl groups excluding tert-OH is 3. The number of nitrogens with one attached hydrogen (secondary N) is 1. The largest absolute Gasteiger partial charge is 0.394 e. The number of H-pyrrole nitrogens is 1. The monoisotopic (exact) mass is 282 g/mol. The van der Waals surface area contributed by atoms with Gasteiger partial charge in [-0.25, -0.2) is 4.98 Å². The quantitative estimate of drug-likeness (QED) is 0.352. The van der Waals surface area contributed by atoms with Gasteiger partial charge in [0, 0.05) is 0 Å². The number of aromatic amines is 1. The molecule has 20 heavy (non-hydrogen) atoms. The average Bonchev–Trinajstić information content (AvgIpc) is 2.90. The third-order valence-corrected chi connectivity index (χ3v) is 3.23. The Labute approximate surface area is 112 Å². The molecule has 1 aliphatic rings. The molecule has 0 aromatic carbocycles. The molecule has 3 rings (SSSR count). The first-order valence-corrected chi connectivity index (χ1v) is 5.92. The lowest BCUT2D eigenvalue weighted by molar-refractivity contribution is -0.0235. The molecule has 1 aliphatic heterocycles. The number of hydrogen-bond acceptors (Lipinski definition) is 9. The van der Waals surface area contributed by atoms with Gasteiger partial charge in [-0.1, -0.05) is 0 Å². The van der Waals surface area contributed by atoms with Crippen LogP contribution >= 0.6 is 0 Å². The first-order chi connectivity index (χ1) is 9.51. The zero-order chi connectivity index (χ0) is 14.4. The highest BCUT2D eigenvalue weighted by Gasteiger charge is 2.44. The van der Waals surface area contributed by atoms with Crippen molar-refractivity contribution in [3.05, 3.63) is 5.69 Å². The van der Waals surface area contributed by atoms with Crippen molar-refractivity contribution >= 4 is 23.1 Å². The van der Waals surface area contributed by atoms with Crippen molar-refractivity contribution in [1.82, 2.24) is 19.9 Å². The topological polar surface area (TPSA) is 176 Å². The van der Waals surface area contributed by atoms with E-state index in [1.165, 1.54) is 0 Å². The molecule has 1 unspecified atom stereocenters. The Morgan fingerprint density at radius 1 is 1.15 bits per heavy atom. The van der Waals surface area contributed by atoms with E-state index >= 15 is 0 Å². The van der Waals surface area contributed by atoms with E-state index in [1.54, 1.807) is 0 Å². The van der Waals surface area contributed by atoms with Crippen molar-refractivity contribution in [2.24, 2.45) is 0 Å². The maximum absolute atomic E-state index is 10.0. The van der Waals surface area contributed by atoms with Gasteiger partial charge in [-0.15, -0.1) is 0 Å². The van der Waals surface area contributed by atoms with Crippen LogP contribution in [0.3, 0.4) is 0 Å². The predicted molar refractivity (Wildman–Crippen MR) is 67.2 cm³/mol. The number of hydrogen-bond donors (Lipinski definition) is 6. The lowest BCUT2D eigenvalue weighted by Crippen LogP contribution is -2.32. The summed E-state index contributed by atoms with van der Waals surface area (Å²) in [6.07, 6.45) is -4.35. The van der Waals surface area contributed by atoms with Gasteiger partial charge in [-0.05, 0) is 0 Å². The Balaban J connectivity index is 2.10. The highest BCUT2D eigenvalue weighted by Crippen LogP contribution is 2.35. The first-order valence-electron chi connectivity index (χ1n) is 5.92. The second-order valence-corrected chi connectivity index (χ2v) is 4.55. The number of fused-ring (bicyclic) bond motifs is 1. The molecule has 4 atom stereocenters. The SMILES string of the molecule is Nc1nc(C2O[C@H](CO)[C@@H](O)[C@@H]2O)c2[nH]c(N)nc2n1. The summed E-state index contributed by atoms with van der Waals surface area (Å²) >= 11 is 0. The lowest BCUT2D eigenvalue weighted by Gasteiger charge is -2.14. The van der Waals surface area contributed by atoms with Gasteiger partial charge >= 0.3 is 0 Å². The summed E-state index contributed by atoms with van der Waals surface area (Å²) in [5.74, 6) is 0.0598. The van der Waals surface area contributed by atoms with Crippen LogP contribution in [0.1, 0.15) is 11.8 Å². The fraction of sp³-hybridized carbons (Fsp3) is 0.500. The maximum Gasteiger partial charge on any atom is 0.222 e. The second kappa shape index (κ2) is 4.52. The summed E-state index contributed by atoms with van der Waals surface area (Å²) < 4.78 is 5.41. The number of aliphatic hydroxyl groups is 3. The van der Waals surface area contributed by atoms with Gasteiger partial charge in [-0.3, -0.25) is 0 Å². The number of nitrogens with zero attached hydrogens (tertiary/aromatic N) is 3. The normalized spacial score (nSPS) is 30.1. The minimum absolute atomic E-state index is 0.0586. The predicted octanol–water partition coefficient (Wildman–Crippen LogP) is -2.33. The van der Waals surface area contributed by atoms with E-state index < -0.39 is 31.0 Å². The number of anilines is 2. The van der Waals surface area contributed by atoms with Crippen LogP contribution in [0.15, 0.2) is 0 Å². The minimum atomic E-state index is -1.26. The first kappa shape index (κ1) is 13.0. The Morgan fingerprint density at radius 2 is 1.90 bits per heavy atom. The molecule has 0 radical (unpaired) electrons. The molecule has 8 N–H and O–H groups in total. The molecule has 108 valence electrons. The Hall–Kier alpha value is -2.01. The van der Waals surface area contributed by atoms with E-state index in [1.807, 2.05) is 0 Å². The number of ether oxygens (including phenoxy) is 1. The van der Waals surface area contributed by atoms with Crippen LogP contribution in [0.5, 0.6) is 0 Å². The lowest BCUT2D eigenvalue weighted by atomic mass is 10.1. The standard InChI is InChI=1S/C10H14N6O4/c11-9-13-3(4-8(15-9)16-10(12)14-4)7-6(19)5(18)2(1-17)20-7/h2,5-7,17-19H,1H2,(H5,11,12,13,14,15,16)/t2-,5-,6+,7?/m1/s1. The summed E-state index contributed by atoms with van der Waals surface area (Å²) in [6.45, 7) is -0.427. The minimum Gasteiger partial charge on any atom is -0.394 e. The van der Waals surface area contributed by atoms with Gasteiger partial charge < -0.3 is 36.5 Å². The third kappa shape index (κ3) is 1.86. The molecule has 1 saturated heterocycles. The van der Waals surface area contributed by atoms with Crippen LogP contribution in [0.2, 0.25) is 0 Å². The van der Waals surface area contributed by atoms with Gasteiger partial charge in [0.25, 0.3) is 0 Å². The molecule has 10 nitrogen and oxygen atoms in total. The van der Waals surface area contributed by atoms with E-state index in [0.717, 1.165) is 0 Å². The number of nitrogen functional groups attached to an aromatic ring is 2. The third-order valence-electron chi connectivity index (χ3n) is 3.23. The molecule has 2 aromatic heterocycles. The molecule has 10 heteroatoms. The summed E-state index contributed by atoms with van der Waals surface area (Å²) in [7, 11) is 0.